The maximum absolute atomic E-state index is 10.8. The van der Waals surface area contributed by atoms with Gasteiger partial charge in [0.05, 0.1) is 28.9 Å². The Morgan fingerprint density at radius 3 is 2.75 bits per heavy atom. The maximum atomic E-state index is 10.8. The summed E-state index contributed by atoms with van der Waals surface area (Å²) < 4.78 is 7.21. The van der Waals surface area contributed by atoms with Crippen molar-refractivity contribution in [2.45, 2.75) is 20.5 Å². The van der Waals surface area contributed by atoms with Crippen LogP contribution in [0.2, 0.25) is 0 Å². The maximum Gasteiger partial charge on any atom is 0.273 e. The van der Waals surface area contributed by atoms with Crippen molar-refractivity contribution < 1.29 is 14.8 Å². The van der Waals surface area contributed by atoms with Crippen molar-refractivity contribution in [2.75, 3.05) is 0 Å². The number of aliphatic hydroxyl groups excluding tert-OH is 1. The van der Waals surface area contributed by atoms with Crippen LogP contribution in [-0.4, -0.2) is 19.8 Å². The number of aryl methyl sites for hydroxylation is 3. The third-order valence-corrected chi connectivity index (χ3v) is 3.04. The summed E-state index contributed by atoms with van der Waals surface area (Å²) >= 11 is 0. The van der Waals surface area contributed by atoms with Crippen molar-refractivity contribution in [3.63, 3.8) is 0 Å². The van der Waals surface area contributed by atoms with Gasteiger partial charge < -0.3 is 9.84 Å². The summed E-state index contributed by atoms with van der Waals surface area (Å²) in [5, 5.41) is 24.3. The number of aromatic nitrogens is 2. The molecule has 20 heavy (non-hydrogen) atoms. The molecule has 1 N–H and O–H groups in total. The number of nitro benzene ring substituents is 1. The predicted octanol–water partition coefficient (Wildman–Crippen LogP) is 2.23. The van der Waals surface area contributed by atoms with Crippen molar-refractivity contribution in [3.05, 3.63) is 45.1 Å². The fourth-order valence-electron chi connectivity index (χ4n) is 1.91. The highest BCUT2D eigenvalue weighted by molar-refractivity contribution is 5.46. The second-order valence-corrected chi connectivity index (χ2v) is 4.46. The second kappa shape index (κ2) is 5.30. The van der Waals surface area contributed by atoms with Crippen molar-refractivity contribution in [2.24, 2.45) is 7.05 Å². The fourth-order valence-corrected chi connectivity index (χ4v) is 1.91. The number of non-ortho nitro benzene ring substituents is 1. The van der Waals surface area contributed by atoms with Crippen LogP contribution >= 0.6 is 0 Å². The van der Waals surface area contributed by atoms with Gasteiger partial charge in [-0.2, -0.15) is 5.10 Å². The van der Waals surface area contributed by atoms with Gasteiger partial charge in [-0.1, -0.05) is 0 Å². The molecule has 0 bridgehead atoms. The fraction of sp³-hybridized carbons (Fsp3) is 0.308. The van der Waals surface area contributed by atoms with Crippen LogP contribution in [0.4, 0.5) is 5.69 Å². The summed E-state index contributed by atoms with van der Waals surface area (Å²) in [4.78, 5) is 10.3. The zero-order valence-electron chi connectivity index (χ0n) is 11.5. The molecule has 0 amide bonds. The van der Waals surface area contributed by atoms with Gasteiger partial charge in [0.2, 0.25) is 5.88 Å². The molecule has 0 saturated carbocycles. The van der Waals surface area contributed by atoms with Crippen molar-refractivity contribution in [3.8, 4) is 11.6 Å². The molecule has 2 rings (SSSR count). The molecule has 0 aliphatic rings. The Morgan fingerprint density at radius 1 is 1.45 bits per heavy atom. The molecule has 1 aromatic heterocycles. The molecule has 0 saturated heterocycles. The average molecular weight is 277 g/mol. The van der Waals surface area contributed by atoms with E-state index in [1.54, 1.807) is 27.0 Å². The molecule has 2 aromatic rings. The van der Waals surface area contributed by atoms with E-state index in [1.807, 2.05) is 0 Å². The Kier molecular flexibility index (Phi) is 3.71. The average Bonchev–Trinajstić information content (AvgIpc) is 2.66. The molecule has 0 spiro atoms. The van der Waals surface area contributed by atoms with Gasteiger partial charge in [0, 0.05) is 13.1 Å². The first-order chi connectivity index (χ1) is 9.43. The first-order valence-electron chi connectivity index (χ1n) is 6.00. The smallest absolute Gasteiger partial charge is 0.273 e. The summed E-state index contributed by atoms with van der Waals surface area (Å²) in [5.41, 5.74) is 1.94. The van der Waals surface area contributed by atoms with Crippen LogP contribution in [0, 0.1) is 24.0 Å². The molecule has 0 unspecified atom stereocenters. The lowest BCUT2D eigenvalue weighted by atomic mass is 10.2. The Balaban J connectivity index is 2.44. The van der Waals surface area contributed by atoms with Gasteiger partial charge >= 0.3 is 0 Å². The lowest BCUT2D eigenvalue weighted by molar-refractivity contribution is -0.384. The summed E-state index contributed by atoms with van der Waals surface area (Å²) in [5.74, 6) is 0.755. The van der Waals surface area contributed by atoms with Crippen LogP contribution in [0.5, 0.6) is 11.6 Å². The Hall–Kier alpha value is -2.41. The monoisotopic (exact) mass is 277 g/mol. The molecule has 0 atom stereocenters. The molecular weight excluding hydrogens is 262 g/mol. The third kappa shape index (κ3) is 2.48. The molecule has 7 heteroatoms. The highest BCUT2D eigenvalue weighted by atomic mass is 16.6. The normalized spacial score (nSPS) is 10.6. The van der Waals surface area contributed by atoms with Crippen LogP contribution in [0.3, 0.4) is 0 Å². The number of benzene rings is 1. The number of ether oxygens (including phenoxy) is 1. The summed E-state index contributed by atoms with van der Waals surface area (Å²) in [6, 6.07) is 4.40. The Bertz CT molecular complexity index is 664. The number of nitro groups is 1. The number of hydrogen-bond donors (Lipinski definition) is 1. The van der Waals surface area contributed by atoms with Crippen molar-refractivity contribution >= 4 is 5.69 Å². The van der Waals surface area contributed by atoms with Crippen LogP contribution in [-0.2, 0) is 13.7 Å². The van der Waals surface area contributed by atoms with Crippen molar-refractivity contribution in [1.82, 2.24) is 9.78 Å². The van der Waals surface area contributed by atoms with Gasteiger partial charge in [-0.3, -0.25) is 10.1 Å². The zero-order chi connectivity index (χ0) is 14.9. The molecular formula is C13H15N3O4. The van der Waals surface area contributed by atoms with Crippen LogP contribution in [0.25, 0.3) is 0 Å². The summed E-state index contributed by atoms with van der Waals surface area (Å²) in [6.45, 7) is 3.35. The van der Waals surface area contributed by atoms with Crippen LogP contribution < -0.4 is 4.74 Å². The lowest BCUT2D eigenvalue weighted by Crippen LogP contribution is -1.99. The highest BCUT2D eigenvalue weighted by Crippen LogP contribution is 2.31. The van der Waals surface area contributed by atoms with Crippen LogP contribution in [0.15, 0.2) is 18.2 Å². The van der Waals surface area contributed by atoms with Gasteiger partial charge in [0.25, 0.3) is 5.69 Å². The molecule has 0 aliphatic heterocycles. The molecule has 0 aliphatic carbocycles. The zero-order valence-corrected chi connectivity index (χ0v) is 11.5. The molecule has 106 valence electrons. The first-order valence-corrected chi connectivity index (χ1v) is 6.00. The van der Waals surface area contributed by atoms with Gasteiger partial charge in [-0.15, -0.1) is 0 Å². The lowest BCUT2D eigenvalue weighted by Gasteiger charge is -2.10. The van der Waals surface area contributed by atoms with Gasteiger partial charge in [0.15, 0.2) is 0 Å². The molecule has 1 aromatic carbocycles. The van der Waals surface area contributed by atoms with E-state index in [4.69, 9.17) is 4.74 Å². The minimum absolute atomic E-state index is 0.0463. The quantitative estimate of drug-likeness (QED) is 0.683. The number of nitrogens with zero attached hydrogens (tertiary/aromatic N) is 3. The minimum atomic E-state index is -0.478. The van der Waals surface area contributed by atoms with E-state index in [-0.39, 0.29) is 12.3 Å². The third-order valence-electron chi connectivity index (χ3n) is 3.04. The van der Waals surface area contributed by atoms with E-state index in [0.717, 1.165) is 5.56 Å². The van der Waals surface area contributed by atoms with Crippen molar-refractivity contribution in [1.29, 1.82) is 0 Å². The standard InChI is InChI=1S/C13H15N3O4/c1-8-4-5-10(16(18)19)6-12(8)20-13-11(7-17)9(2)14-15(13)3/h4-6,17H,7H2,1-3H3. The summed E-state index contributed by atoms with van der Waals surface area (Å²) in [7, 11) is 1.69. The number of aliphatic hydroxyl groups is 1. The van der Waals surface area contributed by atoms with Gasteiger partial charge in [-0.05, 0) is 25.5 Å². The second-order valence-electron chi connectivity index (χ2n) is 4.46. The van der Waals surface area contributed by atoms with Crippen LogP contribution in [0.1, 0.15) is 16.8 Å². The molecule has 7 nitrogen and oxygen atoms in total. The van der Waals surface area contributed by atoms with E-state index in [0.29, 0.717) is 22.9 Å². The minimum Gasteiger partial charge on any atom is -0.438 e. The number of rotatable bonds is 4. The first kappa shape index (κ1) is 14.0. The highest BCUT2D eigenvalue weighted by Gasteiger charge is 2.17. The molecule has 1 heterocycles. The molecule has 0 radical (unpaired) electrons. The van der Waals surface area contributed by atoms with Gasteiger partial charge in [-0.25, -0.2) is 4.68 Å². The van der Waals surface area contributed by atoms with E-state index in [1.165, 1.54) is 16.8 Å². The van der Waals surface area contributed by atoms with E-state index >= 15 is 0 Å². The van der Waals surface area contributed by atoms with E-state index in [9.17, 15) is 15.2 Å². The SMILES string of the molecule is Cc1ccc([N+](=O)[O-])cc1Oc1c(CO)c(C)nn1C. The Labute approximate surface area is 115 Å². The number of hydrogen-bond acceptors (Lipinski definition) is 5. The largest absolute Gasteiger partial charge is 0.438 e. The topological polar surface area (TPSA) is 90.4 Å². The predicted molar refractivity (Wildman–Crippen MR) is 71.8 cm³/mol. The summed E-state index contributed by atoms with van der Waals surface area (Å²) in [6.07, 6.45) is 0. The van der Waals surface area contributed by atoms with E-state index < -0.39 is 4.92 Å². The van der Waals surface area contributed by atoms with E-state index in [2.05, 4.69) is 5.10 Å². The van der Waals surface area contributed by atoms with Gasteiger partial charge in [0.1, 0.15) is 5.75 Å². The molecule has 0 fully saturated rings. The Morgan fingerprint density at radius 2 is 2.15 bits per heavy atom.